The fraction of sp³-hybridized carbons (Fsp3) is 0.364. The molecule has 17 heavy (non-hydrogen) atoms. The Bertz CT molecular complexity index is 434. The molecule has 6 heteroatoms. The van der Waals surface area contributed by atoms with Crippen LogP contribution in [0.1, 0.15) is 16.8 Å². The first kappa shape index (κ1) is 11.5. The summed E-state index contributed by atoms with van der Waals surface area (Å²) in [5.41, 5.74) is 0.327. The Labute approximate surface area is 97.5 Å². The van der Waals surface area contributed by atoms with Crippen LogP contribution >= 0.6 is 0 Å². The summed E-state index contributed by atoms with van der Waals surface area (Å²) in [6.07, 6.45) is 2.20. The molecule has 1 fully saturated rings. The maximum atomic E-state index is 12.0. The van der Waals surface area contributed by atoms with Crippen molar-refractivity contribution in [3.8, 4) is 0 Å². The van der Waals surface area contributed by atoms with Crippen molar-refractivity contribution in [1.29, 1.82) is 0 Å². The highest BCUT2D eigenvalue weighted by atomic mass is 16.4. The normalized spacial score (nSPS) is 23.7. The smallest absolute Gasteiger partial charge is 0.326 e. The molecule has 0 unspecified atom stereocenters. The Kier molecular flexibility index (Phi) is 3.06. The van der Waals surface area contributed by atoms with Gasteiger partial charge in [0, 0.05) is 25.4 Å². The number of carbonyl (C=O) groups excluding carboxylic acids is 1. The molecule has 1 aromatic heterocycles. The van der Waals surface area contributed by atoms with Crippen molar-refractivity contribution < 1.29 is 19.8 Å². The molecule has 90 valence electrons. The monoisotopic (exact) mass is 236 g/mol. The predicted octanol–water partition coefficient (Wildman–Crippen LogP) is -0.258. The van der Waals surface area contributed by atoms with Crippen molar-refractivity contribution in [2.45, 2.75) is 18.6 Å². The van der Waals surface area contributed by atoms with E-state index in [0.29, 0.717) is 5.56 Å². The zero-order chi connectivity index (χ0) is 12.4. The number of aliphatic hydroxyl groups excluding tert-OH is 1. The topological polar surface area (TPSA) is 90.7 Å². The number of carbonyl (C=O) groups is 2. The summed E-state index contributed by atoms with van der Waals surface area (Å²) in [5.74, 6) is -1.51. The third-order valence-corrected chi connectivity index (χ3v) is 2.73. The average Bonchev–Trinajstić information content (AvgIpc) is 2.72. The second-order valence-corrected chi connectivity index (χ2v) is 3.94. The molecule has 2 N–H and O–H groups in total. The first-order valence-corrected chi connectivity index (χ1v) is 5.21. The van der Waals surface area contributed by atoms with Gasteiger partial charge in [-0.1, -0.05) is 0 Å². The van der Waals surface area contributed by atoms with Gasteiger partial charge in [0.2, 0.25) is 0 Å². The van der Waals surface area contributed by atoms with E-state index in [1.165, 1.54) is 17.3 Å². The Hall–Kier alpha value is -1.95. The van der Waals surface area contributed by atoms with Crippen LogP contribution in [0.5, 0.6) is 0 Å². The number of hydrogen-bond acceptors (Lipinski definition) is 4. The van der Waals surface area contributed by atoms with Crippen molar-refractivity contribution in [3.05, 3.63) is 30.1 Å². The van der Waals surface area contributed by atoms with Crippen molar-refractivity contribution in [2.24, 2.45) is 0 Å². The fourth-order valence-electron chi connectivity index (χ4n) is 1.93. The molecular formula is C11H12N2O4. The highest BCUT2D eigenvalue weighted by molar-refractivity contribution is 5.96. The first-order chi connectivity index (χ1) is 8.09. The lowest BCUT2D eigenvalue weighted by Crippen LogP contribution is -2.40. The third kappa shape index (κ3) is 2.26. The van der Waals surface area contributed by atoms with Crippen molar-refractivity contribution >= 4 is 11.9 Å². The lowest BCUT2D eigenvalue weighted by Gasteiger charge is -2.20. The fourth-order valence-corrected chi connectivity index (χ4v) is 1.93. The zero-order valence-corrected chi connectivity index (χ0v) is 8.98. The Morgan fingerprint density at radius 2 is 2.24 bits per heavy atom. The molecule has 2 heterocycles. The van der Waals surface area contributed by atoms with Gasteiger partial charge in [0.1, 0.15) is 6.04 Å². The van der Waals surface area contributed by atoms with E-state index < -0.39 is 24.0 Å². The number of likely N-dealkylation sites (tertiary alicyclic amines) is 1. The van der Waals surface area contributed by atoms with Gasteiger partial charge in [0.15, 0.2) is 0 Å². The Balaban J connectivity index is 2.22. The minimum absolute atomic E-state index is 0.0463. The number of hydrogen-bond donors (Lipinski definition) is 2. The molecule has 0 aliphatic carbocycles. The average molecular weight is 236 g/mol. The number of rotatable bonds is 2. The number of nitrogens with zero attached hydrogens (tertiary/aromatic N) is 2. The minimum atomic E-state index is -1.10. The SMILES string of the molecule is O=C(O)[C@H]1C[C@@H](O)CN1C(=O)c1cccnc1. The van der Waals surface area contributed by atoms with Crippen molar-refractivity contribution in [2.75, 3.05) is 6.54 Å². The van der Waals surface area contributed by atoms with Gasteiger partial charge in [0.05, 0.1) is 11.7 Å². The molecule has 2 rings (SSSR count). The lowest BCUT2D eigenvalue weighted by molar-refractivity contribution is -0.141. The second-order valence-electron chi connectivity index (χ2n) is 3.94. The third-order valence-electron chi connectivity index (χ3n) is 2.73. The maximum absolute atomic E-state index is 12.0. The summed E-state index contributed by atoms with van der Waals surface area (Å²) in [5, 5.41) is 18.4. The molecule has 1 aliphatic rings. The van der Waals surface area contributed by atoms with Crippen molar-refractivity contribution in [3.63, 3.8) is 0 Å². The molecule has 1 aromatic rings. The van der Waals surface area contributed by atoms with E-state index >= 15 is 0 Å². The molecule has 0 saturated carbocycles. The van der Waals surface area contributed by atoms with Crippen LogP contribution in [-0.2, 0) is 4.79 Å². The van der Waals surface area contributed by atoms with E-state index in [4.69, 9.17) is 5.11 Å². The molecule has 0 aromatic carbocycles. The van der Waals surface area contributed by atoms with Crippen molar-refractivity contribution in [1.82, 2.24) is 9.88 Å². The number of carboxylic acids is 1. The second kappa shape index (κ2) is 4.50. The van der Waals surface area contributed by atoms with Gasteiger partial charge in [-0.15, -0.1) is 0 Å². The van der Waals surface area contributed by atoms with Crippen LogP contribution < -0.4 is 0 Å². The van der Waals surface area contributed by atoms with Gasteiger partial charge < -0.3 is 15.1 Å². The molecule has 1 amide bonds. The van der Waals surface area contributed by atoms with Crippen LogP contribution in [0.4, 0.5) is 0 Å². The summed E-state index contributed by atoms with van der Waals surface area (Å²) < 4.78 is 0. The Morgan fingerprint density at radius 3 is 2.82 bits per heavy atom. The van der Waals surface area contributed by atoms with Gasteiger partial charge in [0.25, 0.3) is 5.91 Å². The summed E-state index contributed by atoms with van der Waals surface area (Å²) in [4.78, 5) is 28.0. The maximum Gasteiger partial charge on any atom is 0.326 e. The molecule has 0 radical (unpaired) electrons. The van der Waals surface area contributed by atoms with Gasteiger partial charge >= 0.3 is 5.97 Å². The highest BCUT2D eigenvalue weighted by Gasteiger charge is 2.39. The van der Waals surface area contributed by atoms with E-state index in [9.17, 15) is 14.7 Å². The largest absolute Gasteiger partial charge is 0.480 e. The molecule has 2 atom stereocenters. The number of amides is 1. The molecule has 1 saturated heterocycles. The number of pyridine rings is 1. The minimum Gasteiger partial charge on any atom is -0.480 e. The summed E-state index contributed by atoms with van der Waals surface area (Å²) in [6.45, 7) is 0.0463. The summed E-state index contributed by atoms with van der Waals surface area (Å²) in [6, 6.07) is 2.21. The lowest BCUT2D eigenvalue weighted by atomic mass is 10.2. The Morgan fingerprint density at radius 1 is 1.47 bits per heavy atom. The van der Waals surface area contributed by atoms with Gasteiger partial charge in [-0.05, 0) is 12.1 Å². The molecular weight excluding hydrogens is 224 g/mol. The molecule has 1 aliphatic heterocycles. The standard InChI is InChI=1S/C11H12N2O4/c14-8-4-9(11(16)17)13(6-8)10(15)7-2-1-3-12-5-7/h1-3,5,8-9,14H,4,6H2,(H,16,17)/t8-,9-/m1/s1. The molecule has 6 nitrogen and oxygen atoms in total. The van der Waals surface area contributed by atoms with E-state index in [1.807, 2.05) is 0 Å². The van der Waals surface area contributed by atoms with Crippen LogP contribution in [0.25, 0.3) is 0 Å². The van der Waals surface area contributed by atoms with Gasteiger partial charge in [-0.3, -0.25) is 9.78 Å². The molecule has 0 spiro atoms. The van der Waals surface area contributed by atoms with Crippen LogP contribution in [0.15, 0.2) is 24.5 Å². The quantitative estimate of drug-likeness (QED) is 0.738. The van der Waals surface area contributed by atoms with E-state index in [1.54, 1.807) is 12.1 Å². The number of aliphatic hydroxyl groups is 1. The predicted molar refractivity (Wildman–Crippen MR) is 57.3 cm³/mol. The summed E-state index contributed by atoms with van der Waals surface area (Å²) >= 11 is 0. The number of carboxylic acid groups (broad SMARTS) is 1. The number of aliphatic carboxylic acids is 1. The number of β-amino-alcohol motifs (C(OH)–C–C–N with tert-alkyl or cyclic N) is 1. The van der Waals surface area contributed by atoms with Gasteiger partial charge in [-0.25, -0.2) is 4.79 Å². The van der Waals surface area contributed by atoms with E-state index in [2.05, 4.69) is 4.98 Å². The van der Waals surface area contributed by atoms with Crippen LogP contribution in [0.3, 0.4) is 0 Å². The highest BCUT2D eigenvalue weighted by Crippen LogP contribution is 2.20. The van der Waals surface area contributed by atoms with E-state index in [0.717, 1.165) is 0 Å². The van der Waals surface area contributed by atoms with Gasteiger partial charge in [-0.2, -0.15) is 0 Å². The first-order valence-electron chi connectivity index (χ1n) is 5.21. The number of aromatic nitrogens is 1. The van der Waals surface area contributed by atoms with Crippen LogP contribution in [-0.4, -0.2) is 50.7 Å². The van der Waals surface area contributed by atoms with Crippen LogP contribution in [0, 0.1) is 0 Å². The van der Waals surface area contributed by atoms with E-state index in [-0.39, 0.29) is 13.0 Å². The summed E-state index contributed by atoms with van der Waals surface area (Å²) in [7, 11) is 0. The molecule has 0 bridgehead atoms. The van der Waals surface area contributed by atoms with Crippen LogP contribution in [0.2, 0.25) is 0 Å². The zero-order valence-electron chi connectivity index (χ0n) is 8.98.